The minimum atomic E-state index is -1.26. The minimum absolute atomic E-state index is 0.210. The van der Waals surface area contributed by atoms with Crippen LogP contribution in [0.3, 0.4) is 0 Å². The largest absolute Gasteiger partial charge is 0.507 e. The zero-order chi connectivity index (χ0) is 24.8. The second-order valence-electron chi connectivity index (χ2n) is 7.14. The molecule has 0 aliphatic carbocycles. The quantitative estimate of drug-likeness (QED) is 0.359. The lowest BCUT2D eigenvalue weighted by Crippen LogP contribution is -2.29. The maximum absolute atomic E-state index is 12.9. The van der Waals surface area contributed by atoms with Crippen LogP contribution in [0.5, 0.6) is 11.5 Å². The molecule has 1 fully saturated rings. The highest BCUT2D eigenvalue weighted by Gasteiger charge is 2.32. The lowest BCUT2D eigenvalue weighted by Gasteiger charge is -2.13. The summed E-state index contributed by atoms with van der Waals surface area (Å²) in [6, 6.07) is 10.6. The summed E-state index contributed by atoms with van der Waals surface area (Å²) in [6.07, 6.45) is 2.62. The number of aromatic hydroxyl groups is 1. The van der Waals surface area contributed by atoms with Gasteiger partial charge in [0, 0.05) is 12.6 Å². The van der Waals surface area contributed by atoms with Gasteiger partial charge in [-0.3, -0.25) is 9.69 Å². The van der Waals surface area contributed by atoms with E-state index in [-0.39, 0.29) is 18.0 Å². The Morgan fingerprint density at radius 2 is 1.91 bits per heavy atom. The summed E-state index contributed by atoms with van der Waals surface area (Å²) in [4.78, 5) is 41.4. The summed E-state index contributed by atoms with van der Waals surface area (Å²) in [5.74, 6) is -2.61. The number of nitrogens with zero attached hydrogens (tertiary/aromatic N) is 2. The maximum Gasteiger partial charge on any atom is 0.344 e. The molecule has 1 aliphatic heterocycles. The third-order valence-electron chi connectivity index (χ3n) is 4.74. The van der Waals surface area contributed by atoms with E-state index in [1.807, 2.05) is 0 Å². The van der Waals surface area contributed by atoms with E-state index in [1.165, 1.54) is 23.1 Å². The average Bonchev–Trinajstić information content (AvgIpc) is 3.07. The number of thioether (sulfide) groups is 1. The number of carbonyl (C=O) groups is 3. The molecule has 0 bridgehead atoms. The van der Waals surface area contributed by atoms with E-state index in [2.05, 4.69) is 11.6 Å². The molecule has 3 rings (SSSR count). The number of amides is 1. The van der Waals surface area contributed by atoms with Gasteiger partial charge >= 0.3 is 11.9 Å². The zero-order valence-corrected chi connectivity index (χ0v) is 19.0. The van der Waals surface area contributed by atoms with Gasteiger partial charge in [0.15, 0.2) is 11.3 Å². The smallest absolute Gasteiger partial charge is 0.344 e. The Morgan fingerprint density at radius 1 is 1.21 bits per heavy atom. The van der Waals surface area contributed by atoms with Crippen LogP contribution in [-0.4, -0.2) is 55.9 Å². The molecule has 1 amide bonds. The molecule has 0 spiro atoms. The summed E-state index contributed by atoms with van der Waals surface area (Å²) in [5, 5.41) is 28.4. The molecule has 176 valence electrons. The topological polar surface area (TPSA) is 137 Å². The number of carbonyl (C=O) groups excluding carboxylic acids is 1. The van der Waals surface area contributed by atoms with Crippen LogP contribution in [0.25, 0.3) is 6.08 Å². The van der Waals surface area contributed by atoms with Crippen LogP contribution < -0.4 is 4.74 Å². The van der Waals surface area contributed by atoms with Gasteiger partial charge in [0.05, 0.1) is 10.6 Å². The molecule has 1 aliphatic rings. The normalized spacial score (nSPS) is 16.6. The first-order valence-electron chi connectivity index (χ1n) is 10.2. The van der Waals surface area contributed by atoms with Crippen LogP contribution in [0.4, 0.5) is 5.69 Å². The van der Waals surface area contributed by atoms with E-state index < -0.39 is 23.8 Å². The predicted octanol–water partition coefficient (Wildman–Crippen LogP) is 4.12. The summed E-state index contributed by atoms with van der Waals surface area (Å²) in [7, 11) is 0. The maximum atomic E-state index is 12.9. The molecular weight excluding hydrogens is 460 g/mol. The lowest BCUT2D eigenvalue weighted by atomic mass is 10.2. The number of aromatic carboxylic acids is 1. The molecule has 1 saturated heterocycles. The number of hydrogen-bond donors (Lipinski definition) is 3. The van der Waals surface area contributed by atoms with Crippen molar-refractivity contribution in [2.45, 2.75) is 19.4 Å². The molecular formula is C24H22N2O7S. The van der Waals surface area contributed by atoms with Gasteiger partial charge < -0.3 is 20.1 Å². The molecule has 9 nitrogen and oxygen atoms in total. The first kappa shape index (κ1) is 24.6. The van der Waals surface area contributed by atoms with E-state index in [9.17, 15) is 19.5 Å². The van der Waals surface area contributed by atoms with Crippen LogP contribution in [0.2, 0.25) is 0 Å². The Kier molecular flexibility index (Phi) is 7.75. The molecule has 34 heavy (non-hydrogen) atoms. The Bertz CT molecular complexity index is 1190. The number of benzene rings is 2. The Balaban J connectivity index is 1.85. The number of amidine groups is 1. The lowest BCUT2D eigenvalue weighted by molar-refractivity contribution is -0.145. The first-order valence-corrected chi connectivity index (χ1v) is 11.0. The number of aliphatic carboxylic acids is 1. The van der Waals surface area contributed by atoms with Crippen molar-refractivity contribution in [1.29, 1.82) is 0 Å². The fourth-order valence-electron chi connectivity index (χ4n) is 3.03. The summed E-state index contributed by atoms with van der Waals surface area (Å²) in [6.45, 7) is 5.60. The second-order valence-corrected chi connectivity index (χ2v) is 8.15. The van der Waals surface area contributed by atoms with E-state index in [4.69, 9.17) is 14.9 Å². The van der Waals surface area contributed by atoms with Gasteiger partial charge in [-0.15, -0.1) is 6.58 Å². The summed E-state index contributed by atoms with van der Waals surface area (Å²) >= 11 is 1.13. The average molecular weight is 483 g/mol. The van der Waals surface area contributed by atoms with Crippen molar-refractivity contribution in [2.75, 3.05) is 6.54 Å². The SMILES string of the molecule is C=CCN1C(=O)/C(=C/c2ccc(OC(CC)C(=O)O)cc2)SC1=Nc1ccc(C(=O)O)c(O)c1. The number of phenols is 1. The molecule has 1 heterocycles. The van der Waals surface area contributed by atoms with Gasteiger partial charge in [0.25, 0.3) is 5.91 Å². The van der Waals surface area contributed by atoms with Crippen molar-refractivity contribution >= 4 is 46.5 Å². The van der Waals surface area contributed by atoms with Gasteiger partial charge in [-0.05, 0) is 54.1 Å². The Morgan fingerprint density at radius 3 is 2.47 bits per heavy atom. The monoisotopic (exact) mass is 482 g/mol. The first-order chi connectivity index (χ1) is 16.2. The molecule has 10 heteroatoms. The van der Waals surface area contributed by atoms with Crippen LogP contribution >= 0.6 is 11.8 Å². The van der Waals surface area contributed by atoms with Gasteiger partial charge in [0.1, 0.15) is 17.1 Å². The second kappa shape index (κ2) is 10.7. The molecule has 0 radical (unpaired) electrons. The van der Waals surface area contributed by atoms with Gasteiger partial charge in [-0.25, -0.2) is 14.6 Å². The zero-order valence-electron chi connectivity index (χ0n) is 18.2. The Hall–Kier alpha value is -4.05. The molecule has 0 saturated carbocycles. The van der Waals surface area contributed by atoms with Crippen LogP contribution in [-0.2, 0) is 9.59 Å². The van der Waals surface area contributed by atoms with E-state index in [0.29, 0.717) is 33.5 Å². The van der Waals surface area contributed by atoms with Gasteiger partial charge in [-0.2, -0.15) is 0 Å². The molecule has 0 aromatic heterocycles. The van der Waals surface area contributed by atoms with Crippen molar-refractivity contribution in [3.05, 3.63) is 71.2 Å². The van der Waals surface area contributed by atoms with Crippen LogP contribution in [0.1, 0.15) is 29.3 Å². The number of aliphatic imine (C=N–C) groups is 1. The number of ether oxygens (including phenoxy) is 1. The van der Waals surface area contributed by atoms with E-state index >= 15 is 0 Å². The highest BCUT2D eigenvalue weighted by atomic mass is 32.2. The summed E-state index contributed by atoms with van der Waals surface area (Å²) in [5.41, 5.74) is 0.747. The van der Waals surface area contributed by atoms with Gasteiger partial charge in [-0.1, -0.05) is 25.1 Å². The highest BCUT2D eigenvalue weighted by molar-refractivity contribution is 8.18. The van der Waals surface area contributed by atoms with Crippen molar-refractivity contribution in [3.8, 4) is 11.5 Å². The molecule has 1 atom stereocenters. The van der Waals surface area contributed by atoms with Crippen LogP contribution in [0.15, 0.2) is 65.0 Å². The standard InChI is InChI=1S/C24H22N2O7S/c1-3-11-26-21(28)20(12-14-5-8-16(9-6-14)33-19(4-2)23(31)32)34-24(26)25-15-7-10-17(22(29)30)18(27)13-15/h3,5-10,12-13,19,27H,1,4,11H2,2H3,(H,29,30)(H,31,32)/b20-12-,25-24?. The van der Waals surface area contributed by atoms with Crippen molar-refractivity contribution in [2.24, 2.45) is 4.99 Å². The minimum Gasteiger partial charge on any atom is -0.507 e. The molecule has 2 aromatic rings. The third-order valence-corrected chi connectivity index (χ3v) is 5.75. The number of rotatable bonds is 9. The molecule has 1 unspecified atom stereocenters. The third kappa shape index (κ3) is 5.65. The summed E-state index contributed by atoms with van der Waals surface area (Å²) < 4.78 is 5.45. The number of hydrogen-bond acceptors (Lipinski definition) is 7. The fraction of sp³-hybridized carbons (Fsp3) is 0.167. The molecule has 3 N–H and O–H groups in total. The van der Waals surface area contributed by atoms with Gasteiger partial charge in [0.2, 0.25) is 0 Å². The Labute approximate surface area is 199 Å². The number of carboxylic acids is 2. The highest BCUT2D eigenvalue weighted by Crippen LogP contribution is 2.35. The van der Waals surface area contributed by atoms with Crippen molar-refractivity contribution in [1.82, 2.24) is 4.90 Å². The fourth-order valence-corrected chi connectivity index (χ4v) is 4.04. The van der Waals surface area contributed by atoms with E-state index in [0.717, 1.165) is 11.8 Å². The predicted molar refractivity (Wildman–Crippen MR) is 128 cm³/mol. The van der Waals surface area contributed by atoms with Crippen LogP contribution in [0, 0.1) is 0 Å². The number of carboxylic acid groups (broad SMARTS) is 2. The van der Waals surface area contributed by atoms with Crippen molar-refractivity contribution in [3.63, 3.8) is 0 Å². The molecule has 2 aromatic carbocycles. The van der Waals surface area contributed by atoms with Crippen molar-refractivity contribution < 1.29 is 34.4 Å². The van der Waals surface area contributed by atoms with E-state index in [1.54, 1.807) is 43.3 Å².